The number of halogens is 1. The monoisotopic (exact) mass is 489 g/mol. The number of aromatic nitrogens is 1. The summed E-state index contributed by atoms with van der Waals surface area (Å²) in [7, 11) is 0. The molecule has 1 aliphatic carbocycles. The molecule has 2 aromatic carbocycles. The van der Waals surface area contributed by atoms with Gasteiger partial charge >= 0.3 is 0 Å². The van der Waals surface area contributed by atoms with Gasteiger partial charge in [0.25, 0.3) is 5.91 Å². The number of rotatable bonds is 8. The first-order valence-electron chi connectivity index (χ1n) is 11.2. The van der Waals surface area contributed by atoms with E-state index in [0.717, 1.165) is 53.4 Å². The highest BCUT2D eigenvalue weighted by Crippen LogP contribution is 2.32. The molecule has 0 saturated carbocycles. The normalized spacial score (nSPS) is 13.1. The van der Waals surface area contributed by atoms with E-state index in [-0.39, 0.29) is 18.3 Å². The van der Waals surface area contributed by atoms with Gasteiger partial charge in [-0.15, -0.1) is 24.2 Å². The van der Waals surface area contributed by atoms with Crippen LogP contribution in [-0.4, -0.2) is 48.2 Å². The van der Waals surface area contributed by atoms with Crippen molar-refractivity contribution in [3.8, 4) is 0 Å². The summed E-state index contributed by atoms with van der Waals surface area (Å²) in [4.78, 5) is 24.0. The fraction of sp³-hybridized carbons (Fsp3) is 0.440. The van der Waals surface area contributed by atoms with Crippen LogP contribution in [0.3, 0.4) is 0 Å². The van der Waals surface area contributed by atoms with E-state index < -0.39 is 0 Å². The summed E-state index contributed by atoms with van der Waals surface area (Å²) < 4.78 is 1.13. The molecule has 1 heterocycles. The van der Waals surface area contributed by atoms with Gasteiger partial charge < -0.3 is 4.90 Å². The topological polar surface area (TPSA) is 36.4 Å². The molecule has 1 amide bonds. The molecule has 0 unspecified atom stereocenters. The number of thiazole rings is 1. The van der Waals surface area contributed by atoms with Crippen LogP contribution in [0.4, 0.5) is 5.13 Å². The third-order valence-electron chi connectivity index (χ3n) is 6.19. The second kappa shape index (κ2) is 11.5. The molecule has 172 valence electrons. The number of carbonyl (C=O) groups is 1. The summed E-state index contributed by atoms with van der Waals surface area (Å²) in [6.07, 6.45) is 6.75. The maximum absolute atomic E-state index is 13.7. The van der Waals surface area contributed by atoms with Crippen molar-refractivity contribution in [2.24, 2.45) is 0 Å². The van der Waals surface area contributed by atoms with Crippen LogP contribution in [0, 0.1) is 0 Å². The van der Waals surface area contributed by atoms with Gasteiger partial charge in [-0.05, 0) is 86.5 Å². The average Bonchev–Trinajstić information content (AvgIpc) is 3.24. The zero-order valence-electron chi connectivity index (χ0n) is 19.1. The predicted octanol–water partition coefficient (Wildman–Crippen LogP) is 6.31. The van der Waals surface area contributed by atoms with Gasteiger partial charge in [0.05, 0.1) is 10.2 Å². The van der Waals surface area contributed by atoms with E-state index in [1.807, 2.05) is 11.0 Å². The Labute approximate surface area is 205 Å². The number of thioether (sulfide) groups is 1. The molecule has 7 heteroatoms. The molecule has 1 aromatic heterocycles. The van der Waals surface area contributed by atoms with Crippen LogP contribution in [0.25, 0.3) is 10.2 Å². The maximum Gasteiger partial charge on any atom is 0.260 e. The minimum Gasteiger partial charge on any atom is -0.302 e. The molecule has 0 radical (unpaired) electrons. The van der Waals surface area contributed by atoms with Crippen molar-refractivity contribution in [2.75, 3.05) is 37.3 Å². The highest BCUT2D eigenvalue weighted by atomic mass is 35.5. The lowest BCUT2D eigenvalue weighted by Crippen LogP contribution is -2.39. The van der Waals surface area contributed by atoms with Gasteiger partial charge in [-0.3, -0.25) is 9.69 Å². The van der Waals surface area contributed by atoms with Gasteiger partial charge in [-0.1, -0.05) is 31.3 Å². The number of benzene rings is 2. The van der Waals surface area contributed by atoms with E-state index in [0.29, 0.717) is 6.54 Å². The molecule has 0 spiro atoms. The Balaban J connectivity index is 0.00000289. The molecule has 0 N–H and O–H groups in total. The number of anilines is 1. The van der Waals surface area contributed by atoms with E-state index in [1.54, 1.807) is 23.1 Å². The van der Waals surface area contributed by atoms with E-state index in [1.165, 1.54) is 28.9 Å². The van der Waals surface area contributed by atoms with Crippen LogP contribution in [-0.2, 0) is 12.8 Å². The largest absolute Gasteiger partial charge is 0.302 e. The fourth-order valence-corrected chi connectivity index (χ4v) is 5.77. The van der Waals surface area contributed by atoms with E-state index in [2.05, 4.69) is 55.3 Å². The van der Waals surface area contributed by atoms with Gasteiger partial charge in [-0.25, -0.2) is 4.98 Å². The van der Waals surface area contributed by atoms with Crippen molar-refractivity contribution in [1.82, 2.24) is 9.88 Å². The number of fused-ring (bicyclic) bond motifs is 2. The van der Waals surface area contributed by atoms with Crippen molar-refractivity contribution in [2.45, 2.75) is 44.4 Å². The highest BCUT2D eigenvalue weighted by molar-refractivity contribution is 7.98. The van der Waals surface area contributed by atoms with E-state index in [4.69, 9.17) is 4.98 Å². The van der Waals surface area contributed by atoms with Crippen LogP contribution < -0.4 is 4.90 Å². The number of likely N-dealkylation sites (N-methyl/N-ethyl adjacent to an activating group) is 1. The van der Waals surface area contributed by atoms with E-state index in [9.17, 15) is 4.79 Å². The van der Waals surface area contributed by atoms with E-state index >= 15 is 0 Å². The van der Waals surface area contributed by atoms with Gasteiger partial charge in [0.1, 0.15) is 0 Å². The summed E-state index contributed by atoms with van der Waals surface area (Å²) in [5.41, 5.74) is 4.49. The SMILES string of the molecule is CCN(CC)CCN(C(=O)c1ccc2c(c1)CCCC2)c1nc2ccc(SC)cc2s1.Cl. The van der Waals surface area contributed by atoms with Gasteiger partial charge in [0, 0.05) is 23.5 Å². The zero-order chi connectivity index (χ0) is 21.8. The molecular weight excluding hydrogens is 458 g/mol. The average molecular weight is 490 g/mol. The number of hydrogen-bond donors (Lipinski definition) is 0. The summed E-state index contributed by atoms with van der Waals surface area (Å²) in [6, 6.07) is 12.6. The third-order valence-corrected chi connectivity index (χ3v) is 7.96. The Bertz CT molecular complexity index is 1060. The number of nitrogens with zero attached hydrogens (tertiary/aromatic N) is 3. The molecule has 32 heavy (non-hydrogen) atoms. The molecule has 4 rings (SSSR count). The Kier molecular flexibility index (Phi) is 9.00. The predicted molar refractivity (Wildman–Crippen MR) is 141 cm³/mol. The quantitative estimate of drug-likeness (QED) is 0.347. The van der Waals surface area contributed by atoms with Gasteiger partial charge in [0.15, 0.2) is 5.13 Å². The second-order valence-electron chi connectivity index (χ2n) is 8.00. The summed E-state index contributed by atoms with van der Waals surface area (Å²) in [6.45, 7) is 7.78. The zero-order valence-corrected chi connectivity index (χ0v) is 21.5. The molecule has 0 bridgehead atoms. The van der Waals surface area contributed by atoms with Gasteiger partial charge in [0.2, 0.25) is 0 Å². The van der Waals surface area contributed by atoms with Crippen LogP contribution in [0.1, 0.15) is 48.2 Å². The first kappa shape index (κ1) is 25.0. The van der Waals surface area contributed by atoms with Crippen LogP contribution in [0.2, 0.25) is 0 Å². The minimum absolute atomic E-state index is 0. The van der Waals surface area contributed by atoms with Crippen molar-refractivity contribution in [1.29, 1.82) is 0 Å². The lowest BCUT2D eigenvalue weighted by atomic mass is 9.90. The van der Waals surface area contributed by atoms with Crippen LogP contribution in [0.15, 0.2) is 41.3 Å². The number of carbonyl (C=O) groups excluding carboxylic acids is 1. The van der Waals surface area contributed by atoms with Crippen molar-refractivity contribution in [3.05, 3.63) is 53.1 Å². The summed E-state index contributed by atoms with van der Waals surface area (Å²) in [5, 5.41) is 0.795. The minimum atomic E-state index is 0. The lowest BCUT2D eigenvalue weighted by molar-refractivity contribution is 0.0983. The summed E-state index contributed by atoms with van der Waals surface area (Å²) >= 11 is 3.34. The lowest BCUT2D eigenvalue weighted by Gasteiger charge is -2.25. The number of amides is 1. The number of aryl methyl sites for hydroxylation is 2. The number of hydrogen-bond acceptors (Lipinski definition) is 5. The Morgan fingerprint density at radius 1 is 1.03 bits per heavy atom. The van der Waals surface area contributed by atoms with Crippen LogP contribution >= 0.6 is 35.5 Å². The summed E-state index contributed by atoms with van der Waals surface area (Å²) in [5.74, 6) is 0.0599. The smallest absolute Gasteiger partial charge is 0.260 e. The molecular formula is C25H32ClN3OS2. The van der Waals surface area contributed by atoms with Gasteiger partial charge in [-0.2, -0.15) is 0 Å². The van der Waals surface area contributed by atoms with Crippen molar-refractivity contribution >= 4 is 56.8 Å². The third kappa shape index (κ3) is 5.48. The Morgan fingerprint density at radius 3 is 2.50 bits per heavy atom. The molecule has 0 saturated heterocycles. The molecule has 4 nitrogen and oxygen atoms in total. The maximum atomic E-state index is 13.7. The standard InChI is InChI=1S/C25H31N3OS2.ClH/c1-4-27(5-2)14-15-28(25-26-22-13-12-21(30-3)17-23(22)31-25)24(29)20-11-10-18-8-6-7-9-19(18)16-20;/h10-13,16-17H,4-9,14-15H2,1-3H3;1H. The second-order valence-corrected chi connectivity index (χ2v) is 9.89. The molecule has 0 atom stereocenters. The highest BCUT2D eigenvalue weighted by Gasteiger charge is 2.23. The molecule has 0 fully saturated rings. The Hall–Kier alpha value is -1.60. The fourth-order valence-electron chi connectivity index (χ4n) is 4.22. The molecule has 3 aromatic rings. The van der Waals surface area contributed by atoms with Crippen molar-refractivity contribution in [3.63, 3.8) is 0 Å². The van der Waals surface area contributed by atoms with Crippen LogP contribution in [0.5, 0.6) is 0 Å². The molecule has 0 aliphatic heterocycles. The molecule has 1 aliphatic rings. The first-order chi connectivity index (χ1) is 15.1. The Morgan fingerprint density at radius 2 is 1.78 bits per heavy atom. The first-order valence-corrected chi connectivity index (χ1v) is 13.3. The van der Waals surface area contributed by atoms with Crippen molar-refractivity contribution < 1.29 is 4.79 Å².